The van der Waals surface area contributed by atoms with Gasteiger partial charge in [-0.05, 0) is 55.2 Å². The topological polar surface area (TPSA) is 79.5 Å². The Morgan fingerprint density at radius 1 is 1.09 bits per heavy atom. The van der Waals surface area contributed by atoms with E-state index in [9.17, 15) is 27.2 Å². The monoisotopic (exact) mass is 467 g/mol. The molecule has 2 aromatic rings. The first-order valence-electron chi connectivity index (χ1n) is 10.6. The van der Waals surface area contributed by atoms with Gasteiger partial charge in [-0.2, -0.15) is 13.2 Å². The molecule has 2 amide bonds. The molecular weight excluding hydrogens is 442 g/mol. The van der Waals surface area contributed by atoms with E-state index in [1.807, 2.05) is 6.92 Å². The largest absolute Gasteiger partial charge is 0.450 e. The van der Waals surface area contributed by atoms with Crippen molar-refractivity contribution in [2.75, 3.05) is 11.9 Å². The molecule has 3 rings (SSSR count). The van der Waals surface area contributed by atoms with Crippen LogP contribution in [-0.4, -0.2) is 24.1 Å². The number of rotatable bonds is 9. The second-order valence-electron chi connectivity index (χ2n) is 7.89. The van der Waals surface area contributed by atoms with Crippen LogP contribution in [0.2, 0.25) is 0 Å². The molecular formula is C23H25F4N3O3. The zero-order valence-corrected chi connectivity index (χ0v) is 18.0. The molecule has 0 spiro atoms. The number of amides is 2. The number of ether oxygens (including phenoxy) is 1. The number of hydrogen-bond acceptors (Lipinski definition) is 4. The molecule has 2 aromatic carbocycles. The Bertz CT molecular complexity index is 989. The number of anilines is 2. The molecule has 1 aliphatic carbocycles. The van der Waals surface area contributed by atoms with Crippen molar-refractivity contribution in [3.05, 3.63) is 59.4 Å². The predicted molar refractivity (Wildman–Crippen MR) is 114 cm³/mol. The Morgan fingerprint density at radius 3 is 2.39 bits per heavy atom. The number of hydrogen-bond donors (Lipinski definition) is 3. The van der Waals surface area contributed by atoms with E-state index >= 15 is 0 Å². The van der Waals surface area contributed by atoms with Gasteiger partial charge in [-0.1, -0.05) is 25.5 Å². The van der Waals surface area contributed by atoms with Crippen molar-refractivity contribution in [1.29, 1.82) is 0 Å². The van der Waals surface area contributed by atoms with Crippen LogP contribution < -0.4 is 16.0 Å². The van der Waals surface area contributed by atoms with Gasteiger partial charge in [0.1, 0.15) is 11.4 Å². The Kier molecular flexibility index (Phi) is 7.45. The maximum absolute atomic E-state index is 13.3. The quantitative estimate of drug-likeness (QED) is 0.347. The molecule has 1 fully saturated rings. The molecule has 6 nitrogen and oxygen atoms in total. The minimum atomic E-state index is -4.70. The molecule has 0 radical (unpaired) electrons. The van der Waals surface area contributed by atoms with Gasteiger partial charge in [0.05, 0.1) is 17.9 Å². The van der Waals surface area contributed by atoms with Crippen LogP contribution >= 0.6 is 0 Å². The number of alkyl halides is 3. The second-order valence-corrected chi connectivity index (χ2v) is 7.89. The summed E-state index contributed by atoms with van der Waals surface area (Å²) in [6.07, 6.45) is -2.65. The lowest BCUT2D eigenvalue weighted by Gasteiger charge is -2.17. The van der Waals surface area contributed by atoms with E-state index in [4.69, 9.17) is 4.74 Å². The summed E-state index contributed by atoms with van der Waals surface area (Å²) in [6.45, 7) is 2.45. The van der Waals surface area contributed by atoms with Crippen LogP contribution in [0.1, 0.15) is 43.7 Å². The normalized spacial score (nSPS) is 14.3. The lowest BCUT2D eigenvalue weighted by Crippen LogP contribution is -2.49. The summed E-state index contributed by atoms with van der Waals surface area (Å²) in [5.41, 5.74) is -1.24. The third-order valence-corrected chi connectivity index (χ3v) is 5.23. The van der Waals surface area contributed by atoms with Crippen LogP contribution in [0.15, 0.2) is 42.5 Å². The number of unbranched alkanes of at least 4 members (excludes halogenated alkanes) is 1. The van der Waals surface area contributed by atoms with Gasteiger partial charge in [0.25, 0.3) is 0 Å². The second kappa shape index (κ2) is 10.1. The third kappa shape index (κ3) is 6.59. The zero-order chi connectivity index (χ0) is 24.1. The van der Waals surface area contributed by atoms with Gasteiger partial charge in [-0.25, -0.2) is 9.18 Å². The van der Waals surface area contributed by atoms with Crippen molar-refractivity contribution < 1.29 is 31.9 Å². The summed E-state index contributed by atoms with van der Waals surface area (Å²) in [5, 5.41) is 8.02. The number of carbonyl (C=O) groups excluding carboxylic acids is 2. The van der Waals surface area contributed by atoms with Gasteiger partial charge in [-0.3, -0.25) is 4.79 Å². The maximum Gasteiger partial charge on any atom is 0.418 e. The van der Waals surface area contributed by atoms with Crippen LogP contribution in [0.5, 0.6) is 0 Å². The summed E-state index contributed by atoms with van der Waals surface area (Å²) >= 11 is 0. The van der Waals surface area contributed by atoms with Gasteiger partial charge >= 0.3 is 12.3 Å². The highest BCUT2D eigenvalue weighted by Gasteiger charge is 2.51. The first kappa shape index (κ1) is 24.3. The van der Waals surface area contributed by atoms with Gasteiger partial charge in [-0.15, -0.1) is 0 Å². The smallest absolute Gasteiger partial charge is 0.418 e. The summed E-state index contributed by atoms with van der Waals surface area (Å²) in [7, 11) is 0. The van der Waals surface area contributed by atoms with E-state index in [1.165, 1.54) is 0 Å². The Balaban J connectivity index is 1.54. The minimum Gasteiger partial charge on any atom is -0.450 e. The van der Waals surface area contributed by atoms with Crippen molar-refractivity contribution in [3.8, 4) is 0 Å². The standard InChI is InChI=1S/C23H25F4N3O3/c1-2-3-12-33-21(32)30-22(10-11-22)20(31)28-14-15-4-7-17(8-5-15)29-19-9-6-16(24)13-18(19)23(25,26)27/h4-9,13,29H,2-3,10-12,14H2,1H3,(H,28,31)(H,30,32). The zero-order valence-electron chi connectivity index (χ0n) is 18.0. The highest BCUT2D eigenvalue weighted by Crippen LogP contribution is 2.37. The lowest BCUT2D eigenvalue weighted by molar-refractivity contribution is -0.137. The lowest BCUT2D eigenvalue weighted by atomic mass is 10.1. The van der Waals surface area contributed by atoms with Crippen molar-refractivity contribution >= 4 is 23.4 Å². The fourth-order valence-electron chi connectivity index (χ4n) is 3.15. The molecule has 1 aliphatic rings. The maximum atomic E-state index is 13.3. The SMILES string of the molecule is CCCCOC(=O)NC1(C(=O)NCc2ccc(Nc3ccc(F)cc3C(F)(F)F)cc2)CC1. The highest BCUT2D eigenvalue weighted by atomic mass is 19.4. The molecule has 178 valence electrons. The molecule has 0 unspecified atom stereocenters. The molecule has 0 bridgehead atoms. The average molecular weight is 467 g/mol. The highest BCUT2D eigenvalue weighted by molar-refractivity contribution is 5.92. The van der Waals surface area contributed by atoms with Crippen molar-refractivity contribution in [1.82, 2.24) is 10.6 Å². The van der Waals surface area contributed by atoms with E-state index in [0.29, 0.717) is 36.8 Å². The van der Waals surface area contributed by atoms with E-state index in [2.05, 4.69) is 16.0 Å². The molecule has 0 heterocycles. The molecule has 3 N–H and O–H groups in total. The van der Waals surface area contributed by atoms with Crippen LogP contribution in [0, 0.1) is 5.82 Å². The number of halogens is 4. The first-order valence-corrected chi connectivity index (χ1v) is 10.6. The number of alkyl carbamates (subject to hydrolysis) is 1. The Morgan fingerprint density at radius 2 is 1.79 bits per heavy atom. The molecule has 33 heavy (non-hydrogen) atoms. The Labute approximate surface area is 188 Å². The number of carbonyl (C=O) groups is 2. The van der Waals surface area contributed by atoms with Gasteiger partial charge in [0, 0.05) is 12.2 Å². The summed E-state index contributed by atoms with van der Waals surface area (Å²) in [5.74, 6) is -1.30. The predicted octanol–water partition coefficient (Wildman–Crippen LogP) is 5.26. The molecule has 1 saturated carbocycles. The summed E-state index contributed by atoms with van der Waals surface area (Å²) in [6, 6.07) is 8.82. The molecule has 0 aromatic heterocycles. The number of benzene rings is 2. The van der Waals surface area contributed by atoms with Crippen LogP contribution in [0.3, 0.4) is 0 Å². The van der Waals surface area contributed by atoms with Crippen LogP contribution in [0.4, 0.5) is 33.7 Å². The van der Waals surface area contributed by atoms with Gasteiger partial charge in [0.2, 0.25) is 5.91 Å². The Hall–Kier alpha value is -3.30. The fourth-order valence-corrected chi connectivity index (χ4v) is 3.15. The third-order valence-electron chi connectivity index (χ3n) is 5.23. The van der Waals surface area contributed by atoms with E-state index in [0.717, 1.165) is 25.0 Å². The molecule has 0 saturated heterocycles. The van der Waals surface area contributed by atoms with Crippen LogP contribution in [0.25, 0.3) is 0 Å². The van der Waals surface area contributed by atoms with Crippen molar-refractivity contribution in [3.63, 3.8) is 0 Å². The number of nitrogens with one attached hydrogen (secondary N) is 3. The van der Waals surface area contributed by atoms with Crippen molar-refractivity contribution in [2.24, 2.45) is 0 Å². The fraction of sp³-hybridized carbons (Fsp3) is 0.391. The van der Waals surface area contributed by atoms with E-state index < -0.39 is 29.2 Å². The van der Waals surface area contributed by atoms with Gasteiger partial charge < -0.3 is 20.7 Å². The molecule has 0 aliphatic heterocycles. The van der Waals surface area contributed by atoms with E-state index in [-0.39, 0.29) is 18.1 Å². The van der Waals surface area contributed by atoms with Gasteiger partial charge in [0.15, 0.2) is 0 Å². The summed E-state index contributed by atoms with van der Waals surface area (Å²) < 4.78 is 57.7. The average Bonchev–Trinajstić information content (AvgIpc) is 3.54. The summed E-state index contributed by atoms with van der Waals surface area (Å²) in [4.78, 5) is 24.3. The minimum absolute atomic E-state index is 0.178. The molecule has 0 atom stereocenters. The van der Waals surface area contributed by atoms with Crippen molar-refractivity contribution in [2.45, 2.75) is 50.9 Å². The first-order chi connectivity index (χ1) is 15.6. The molecule has 10 heteroatoms. The van der Waals surface area contributed by atoms with E-state index in [1.54, 1.807) is 24.3 Å². The van der Waals surface area contributed by atoms with Crippen LogP contribution in [-0.2, 0) is 22.3 Å².